The molecule has 44 heavy (non-hydrogen) atoms. The molecule has 232 valence electrons. The summed E-state index contributed by atoms with van der Waals surface area (Å²) in [6.45, 7) is 3.44. The highest BCUT2D eigenvalue weighted by Gasteiger charge is 2.26. The van der Waals surface area contributed by atoms with Crippen molar-refractivity contribution in [2.45, 2.75) is 64.1 Å². The molecule has 10 nitrogen and oxygen atoms in total. The van der Waals surface area contributed by atoms with Crippen LogP contribution >= 0.6 is 0 Å². The van der Waals surface area contributed by atoms with Gasteiger partial charge in [-0.05, 0) is 71.7 Å². The normalized spacial score (nSPS) is 14.0. The molecule has 4 rings (SSSR count). The van der Waals surface area contributed by atoms with Crippen molar-refractivity contribution in [3.05, 3.63) is 76.7 Å². The van der Waals surface area contributed by atoms with Crippen LogP contribution in [0.4, 0.5) is 14.9 Å². The largest absolute Gasteiger partial charge is 0.481 e. The van der Waals surface area contributed by atoms with Gasteiger partial charge in [0.15, 0.2) is 0 Å². The van der Waals surface area contributed by atoms with Gasteiger partial charge in [0.05, 0.1) is 30.0 Å². The van der Waals surface area contributed by atoms with Crippen molar-refractivity contribution in [1.82, 2.24) is 10.3 Å². The predicted molar refractivity (Wildman–Crippen MR) is 164 cm³/mol. The molecule has 0 radical (unpaired) electrons. The zero-order valence-corrected chi connectivity index (χ0v) is 24.5. The number of carboxylic acids is 2. The number of halogens is 1. The third-order valence-electron chi connectivity index (χ3n) is 7.35. The Labute approximate surface area is 254 Å². The van der Waals surface area contributed by atoms with E-state index in [-0.39, 0.29) is 18.2 Å². The van der Waals surface area contributed by atoms with Gasteiger partial charge in [0.2, 0.25) is 0 Å². The number of aliphatic hydroxyl groups is 2. The standard InChI is InChI=1S/C33H36FN3O7/c1-18(2)31-26(13-12-23(38)15-24(39)16-28(40)41)30(20-6-9-21(34)10-7-20)25-5-3-4-19-8-11-22(14-27(19)32(25)37-31)36-33(44)35-17-29(42)43/h6-14,18,23-24,38-39H,3-5,15-17H2,1-2H3,(H,40,41)(H,42,43)(H2,35,36,44)/b13-12+/t23-,24-/m1/s1. The predicted octanol–water partition coefficient (Wildman–Crippen LogP) is 4.97. The van der Waals surface area contributed by atoms with Gasteiger partial charge in [0.1, 0.15) is 12.4 Å². The number of hydrogen-bond donors (Lipinski definition) is 6. The first kappa shape index (κ1) is 32.3. The maximum atomic E-state index is 14.0. The van der Waals surface area contributed by atoms with Gasteiger partial charge in [0, 0.05) is 23.2 Å². The molecule has 0 saturated carbocycles. The average Bonchev–Trinajstić information content (AvgIpc) is 3.13. The summed E-state index contributed by atoms with van der Waals surface area (Å²) in [6.07, 6.45) is 2.43. The van der Waals surface area contributed by atoms with Crippen LogP contribution in [0.25, 0.3) is 28.5 Å². The number of anilines is 1. The topological polar surface area (TPSA) is 169 Å². The molecule has 0 spiro atoms. The molecule has 1 heterocycles. The van der Waals surface area contributed by atoms with E-state index in [1.54, 1.807) is 24.3 Å². The summed E-state index contributed by atoms with van der Waals surface area (Å²) in [5.41, 5.74) is 6.92. The second kappa shape index (κ2) is 14.2. The molecule has 0 saturated heterocycles. The maximum absolute atomic E-state index is 14.0. The highest BCUT2D eigenvalue weighted by molar-refractivity contribution is 5.93. The molecular formula is C33H36FN3O7. The van der Waals surface area contributed by atoms with Crippen molar-refractivity contribution in [2.75, 3.05) is 11.9 Å². The highest BCUT2D eigenvalue weighted by atomic mass is 19.1. The molecule has 0 aliphatic heterocycles. The van der Waals surface area contributed by atoms with E-state index < -0.39 is 43.1 Å². The van der Waals surface area contributed by atoms with E-state index in [0.29, 0.717) is 23.5 Å². The first-order chi connectivity index (χ1) is 20.9. The zero-order chi connectivity index (χ0) is 32.0. The highest BCUT2D eigenvalue weighted by Crippen LogP contribution is 2.42. The Bertz CT molecular complexity index is 1570. The number of rotatable bonds is 11. The summed E-state index contributed by atoms with van der Waals surface area (Å²) < 4.78 is 14.0. The van der Waals surface area contributed by atoms with Crippen molar-refractivity contribution >= 4 is 29.7 Å². The lowest BCUT2D eigenvalue weighted by atomic mass is 9.86. The minimum absolute atomic E-state index is 0.0799. The number of pyridine rings is 1. The van der Waals surface area contributed by atoms with Gasteiger partial charge in [-0.1, -0.05) is 44.2 Å². The van der Waals surface area contributed by atoms with Crippen molar-refractivity contribution in [1.29, 1.82) is 0 Å². The first-order valence-corrected chi connectivity index (χ1v) is 14.4. The number of aliphatic carboxylic acids is 2. The molecule has 11 heteroatoms. The molecule has 0 bridgehead atoms. The number of urea groups is 1. The van der Waals surface area contributed by atoms with Crippen LogP contribution in [0, 0.1) is 5.82 Å². The Morgan fingerprint density at radius 2 is 1.75 bits per heavy atom. The smallest absolute Gasteiger partial charge is 0.323 e. The lowest BCUT2D eigenvalue weighted by Crippen LogP contribution is -2.33. The van der Waals surface area contributed by atoms with Crippen molar-refractivity contribution < 1.29 is 39.2 Å². The molecule has 6 N–H and O–H groups in total. The van der Waals surface area contributed by atoms with E-state index >= 15 is 0 Å². The number of amides is 2. The summed E-state index contributed by atoms with van der Waals surface area (Å²) in [7, 11) is 0. The van der Waals surface area contributed by atoms with Gasteiger partial charge in [-0.15, -0.1) is 0 Å². The summed E-state index contributed by atoms with van der Waals surface area (Å²) in [6, 6.07) is 11.0. The van der Waals surface area contributed by atoms with Gasteiger partial charge >= 0.3 is 18.0 Å². The maximum Gasteiger partial charge on any atom is 0.323 e. The number of carboxylic acid groups (broad SMARTS) is 2. The summed E-state index contributed by atoms with van der Waals surface area (Å²) in [5.74, 6) is -2.80. The summed E-state index contributed by atoms with van der Waals surface area (Å²) in [5, 5.41) is 43.4. The molecular weight excluding hydrogens is 569 g/mol. The lowest BCUT2D eigenvalue weighted by molar-refractivity contribution is -0.139. The summed E-state index contributed by atoms with van der Waals surface area (Å²) >= 11 is 0. The van der Waals surface area contributed by atoms with E-state index in [1.807, 2.05) is 26.0 Å². The third kappa shape index (κ3) is 8.06. The van der Waals surface area contributed by atoms with Gasteiger partial charge in [0.25, 0.3) is 0 Å². The van der Waals surface area contributed by atoms with Crippen LogP contribution in [0.15, 0.2) is 48.5 Å². The second-order valence-electron chi connectivity index (χ2n) is 11.1. The Morgan fingerprint density at radius 3 is 2.41 bits per heavy atom. The fourth-order valence-corrected chi connectivity index (χ4v) is 5.41. The molecule has 2 aromatic carbocycles. The van der Waals surface area contributed by atoms with Crippen LogP contribution < -0.4 is 10.6 Å². The Morgan fingerprint density at radius 1 is 1.02 bits per heavy atom. The van der Waals surface area contributed by atoms with Crippen LogP contribution in [-0.2, 0) is 22.4 Å². The number of nitrogens with one attached hydrogen (secondary N) is 2. The van der Waals surface area contributed by atoms with Crippen molar-refractivity contribution in [3.8, 4) is 22.4 Å². The van der Waals surface area contributed by atoms with Crippen LogP contribution in [0.3, 0.4) is 0 Å². The van der Waals surface area contributed by atoms with Gasteiger partial charge < -0.3 is 31.1 Å². The molecule has 2 amide bonds. The Hall–Kier alpha value is -4.61. The number of aryl methyl sites for hydroxylation is 1. The number of nitrogens with zero attached hydrogens (tertiary/aromatic N) is 1. The van der Waals surface area contributed by atoms with Crippen LogP contribution in [-0.4, -0.2) is 62.1 Å². The SMILES string of the molecule is CC(C)c1nc2c(c(-c3ccc(F)cc3)c1/C=C/[C@@H](O)C[C@@H](O)CC(=O)O)CCCc1ccc(NC(=O)NCC(=O)O)cc1-2. The minimum Gasteiger partial charge on any atom is -0.481 e. The van der Waals surface area contributed by atoms with Gasteiger partial charge in [-0.25, -0.2) is 9.18 Å². The number of hydrogen-bond acceptors (Lipinski definition) is 6. The zero-order valence-electron chi connectivity index (χ0n) is 24.5. The number of benzene rings is 2. The van der Waals surface area contributed by atoms with Crippen LogP contribution in [0.1, 0.15) is 61.4 Å². The quantitative estimate of drug-likeness (QED) is 0.178. The van der Waals surface area contributed by atoms with Crippen LogP contribution in [0.5, 0.6) is 0 Å². The number of carbonyl (C=O) groups is 3. The Kier molecular flexibility index (Phi) is 10.5. The third-order valence-corrected chi connectivity index (χ3v) is 7.35. The minimum atomic E-state index is -1.22. The van der Waals surface area contributed by atoms with E-state index in [4.69, 9.17) is 15.2 Å². The number of aliphatic hydroxyl groups excluding tert-OH is 2. The van der Waals surface area contributed by atoms with E-state index in [9.17, 15) is 29.0 Å². The molecule has 1 aliphatic carbocycles. The molecule has 0 fully saturated rings. The summed E-state index contributed by atoms with van der Waals surface area (Å²) in [4.78, 5) is 39.2. The van der Waals surface area contributed by atoms with Gasteiger partial charge in [-0.2, -0.15) is 0 Å². The number of aromatic nitrogens is 1. The first-order valence-electron chi connectivity index (χ1n) is 14.4. The number of carbonyl (C=O) groups excluding carboxylic acids is 1. The Balaban J connectivity index is 1.86. The van der Waals surface area contributed by atoms with Gasteiger partial charge in [-0.3, -0.25) is 14.6 Å². The molecule has 3 aromatic rings. The molecule has 1 aliphatic rings. The molecule has 0 unspecified atom stereocenters. The monoisotopic (exact) mass is 605 g/mol. The lowest BCUT2D eigenvalue weighted by Gasteiger charge is -2.22. The molecule has 1 aromatic heterocycles. The fraction of sp³-hybridized carbons (Fsp3) is 0.333. The van der Waals surface area contributed by atoms with Crippen molar-refractivity contribution in [2.24, 2.45) is 0 Å². The van der Waals surface area contributed by atoms with E-state index in [0.717, 1.165) is 46.2 Å². The second-order valence-corrected chi connectivity index (χ2v) is 11.1. The van der Waals surface area contributed by atoms with E-state index in [1.165, 1.54) is 18.2 Å². The van der Waals surface area contributed by atoms with E-state index in [2.05, 4.69) is 10.6 Å². The van der Waals surface area contributed by atoms with Crippen molar-refractivity contribution in [3.63, 3.8) is 0 Å². The molecule has 2 atom stereocenters. The van der Waals surface area contributed by atoms with Crippen LogP contribution in [0.2, 0.25) is 0 Å². The fourth-order valence-electron chi connectivity index (χ4n) is 5.41. The number of fused-ring (bicyclic) bond motifs is 3. The average molecular weight is 606 g/mol.